The van der Waals surface area contributed by atoms with Gasteiger partial charge >= 0.3 is 5.97 Å². The summed E-state index contributed by atoms with van der Waals surface area (Å²) in [6.07, 6.45) is 2.45. The van der Waals surface area contributed by atoms with Crippen LogP contribution < -0.4 is 4.74 Å². The Bertz CT molecular complexity index is 1250. The molecular formula is C29H35FN2O3. The number of aromatic nitrogens is 1. The Morgan fingerprint density at radius 2 is 1.94 bits per heavy atom. The predicted octanol–water partition coefficient (Wildman–Crippen LogP) is 6.62. The lowest BCUT2D eigenvalue weighted by molar-refractivity contribution is 0.0697. The molecule has 0 unspecified atom stereocenters. The molecule has 35 heavy (non-hydrogen) atoms. The van der Waals surface area contributed by atoms with Crippen LogP contribution in [0.25, 0.3) is 22.2 Å². The number of carboxylic acid groups (broad SMARTS) is 1. The summed E-state index contributed by atoms with van der Waals surface area (Å²) in [4.78, 5) is 14.3. The molecule has 5 rings (SSSR count). The first-order valence-electron chi connectivity index (χ1n) is 12.9. The molecule has 0 bridgehead atoms. The fraction of sp³-hybridized carbons (Fsp3) is 0.483. The summed E-state index contributed by atoms with van der Waals surface area (Å²) < 4.78 is 23.6. The molecule has 1 aliphatic heterocycles. The molecule has 0 amide bonds. The Morgan fingerprint density at radius 1 is 1.14 bits per heavy atom. The summed E-state index contributed by atoms with van der Waals surface area (Å²) >= 11 is 0. The maximum atomic E-state index is 15.5. The number of carbonyl (C=O) groups is 1. The van der Waals surface area contributed by atoms with Crippen LogP contribution >= 0.6 is 0 Å². The van der Waals surface area contributed by atoms with Gasteiger partial charge in [-0.05, 0) is 75.1 Å². The van der Waals surface area contributed by atoms with Gasteiger partial charge in [-0.2, -0.15) is 0 Å². The molecule has 1 N–H and O–H groups in total. The van der Waals surface area contributed by atoms with Gasteiger partial charge in [0, 0.05) is 48.1 Å². The fourth-order valence-electron chi connectivity index (χ4n) is 5.97. The summed E-state index contributed by atoms with van der Waals surface area (Å²) in [6, 6.07) is 11.9. The second-order valence-corrected chi connectivity index (χ2v) is 10.2. The lowest BCUT2D eigenvalue weighted by Crippen LogP contribution is -2.35. The molecule has 2 atom stereocenters. The Morgan fingerprint density at radius 3 is 2.66 bits per heavy atom. The molecule has 2 aromatic carbocycles. The van der Waals surface area contributed by atoms with Gasteiger partial charge in [-0.25, -0.2) is 9.18 Å². The lowest BCUT2D eigenvalue weighted by atomic mass is 9.80. The molecule has 186 valence electrons. The average molecular weight is 479 g/mol. The molecular weight excluding hydrogens is 443 g/mol. The van der Waals surface area contributed by atoms with Gasteiger partial charge in [0.1, 0.15) is 11.9 Å². The molecule has 0 radical (unpaired) electrons. The minimum Gasteiger partial charge on any atom is -0.494 e. The smallest absolute Gasteiger partial charge is 0.335 e. The molecule has 1 saturated carbocycles. The van der Waals surface area contributed by atoms with Crippen LogP contribution in [0.1, 0.15) is 73.9 Å². The first-order chi connectivity index (χ1) is 16.9. The number of hydrogen-bond acceptors (Lipinski definition) is 3. The van der Waals surface area contributed by atoms with Crippen LogP contribution in [0.3, 0.4) is 0 Å². The van der Waals surface area contributed by atoms with E-state index in [1.54, 1.807) is 12.1 Å². The van der Waals surface area contributed by atoms with Crippen molar-refractivity contribution < 1.29 is 19.0 Å². The normalized spacial score (nSPS) is 20.8. The van der Waals surface area contributed by atoms with Gasteiger partial charge in [0.25, 0.3) is 0 Å². The van der Waals surface area contributed by atoms with Crippen molar-refractivity contribution in [1.82, 2.24) is 9.47 Å². The number of ether oxygens (including phenoxy) is 1. The van der Waals surface area contributed by atoms with Crippen molar-refractivity contribution in [2.24, 2.45) is 0 Å². The van der Waals surface area contributed by atoms with Crippen molar-refractivity contribution in [3.05, 3.63) is 53.1 Å². The third-order valence-corrected chi connectivity index (χ3v) is 7.76. The van der Waals surface area contributed by atoms with E-state index in [1.807, 2.05) is 19.1 Å². The molecule has 1 aromatic heterocycles. The number of rotatable bonds is 5. The lowest BCUT2D eigenvalue weighted by Gasteiger charge is -2.32. The van der Waals surface area contributed by atoms with E-state index in [1.165, 1.54) is 5.56 Å². The minimum absolute atomic E-state index is 0.182. The summed E-state index contributed by atoms with van der Waals surface area (Å²) in [5, 5.41) is 10.7. The maximum Gasteiger partial charge on any atom is 0.335 e. The van der Waals surface area contributed by atoms with Crippen LogP contribution in [0.15, 0.2) is 36.4 Å². The zero-order valence-corrected chi connectivity index (χ0v) is 20.9. The monoisotopic (exact) mass is 478 g/mol. The number of hydrogen-bond donors (Lipinski definition) is 1. The van der Waals surface area contributed by atoms with Crippen LogP contribution in [-0.4, -0.2) is 45.9 Å². The Labute approximate surface area is 206 Å². The SMILES string of the molecule is CCOc1ccc2c(c1)CN(C(C)C)CCn1c-2c([C@@H]2CCCC[C@H]2F)c2ccc(C(=O)O)cc21. The van der Waals surface area contributed by atoms with Gasteiger partial charge in [0.15, 0.2) is 0 Å². The fourth-order valence-corrected chi connectivity index (χ4v) is 5.97. The zero-order chi connectivity index (χ0) is 24.7. The molecule has 2 aliphatic rings. The molecule has 6 heteroatoms. The van der Waals surface area contributed by atoms with E-state index in [2.05, 4.69) is 35.4 Å². The van der Waals surface area contributed by atoms with Crippen molar-refractivity contribution in [3.8, 4) is 17.0 Å². The zero-order valence-electron chi connectivity index (χ0n) is 20.9. The summed E-state index contributed by atoms with van der Waals surface area (Å²) in [6.45, 7) is 9.33. The quantitative estimate of drug-likeness (QED) is 0.447. The Kier molecular flexibility index (Phi) is 6.58. The largest absolute Gasteiger partial charge is 0.494 e. The van der Waals surface area contributed by atoms with Crippen LogP contribution in [0.4, 0.5) is 4.39 Å². The molecule has 1 aliphatic carbocycles. The van der Waals surface area contributed by atoms with Crippen molar-refractivity contribution in [2.45, 2.75) is 77.7 Å². The highest BCUT2D eigenvalue weighted by molar-refractivity contribution is 5.98. The second kappa shape index (κ2) is 9.65. The molecule has 1 fully saturated rings. The number of alkyl halides is 1. The highest BCUT2D eigenvalue weighted by Gasteiger charge is 2.34. The van der Waals surface area contributed by atoms with Gasteiger partial charge in [-0.15, -0.1) is 0 Å². The molecule has 3 aromatic rings. The van der Waals surface area contributed by atoms with E-state index in [-0.39, 0.29) is 11.5 Å². The molecule has 0 spiro atoms. The van der Waals surface area contributed by atoms with Crippen molar-refractivity contribution in [3.63, 3.8) is 0 Å². The maximum absolute atomic E-state index is 15.5. The average Bonchev–Trinajstić information content (AvgIpc) is 3.13. The first kappa shape index (κ1) is 23.9. The van der Waals surface area contributed by atoms with Gasteiger partial charge < -0.3 is 14.4 Å². The molecule has 5 nitrogen and oxygen atoms in total. The predicted molar refractivity (Wildman–Crippen MR) is 137 cm³/mol. The Hall–Kier alpha value is -2.86. The molecule has 0 saturated heterocycles. The van der Waals surface area contributed by atoms with E-state index < -0.39 is 12.1 Å². The van der Waals surface area contributed by atoms with E-state index in [0.717, 1.165) is 72.4 Å². The Balaban J connectivity index is 1.81. The van der Waals surface area contributed by atoms with Crippen molar-refractivity contribution in [2.75, 3.05) is 13.2 Å². The number of benzene rings is 2. The van der Waals surface area contributed by atoms with Crippen LogP contribution in [0, 0.1) is 0 Å². The number of fused-ring (bicyclic) bond motifs is 5. The van der Waals surface area contributed by atoms with Gasteiger partial charge in [0.05, 0.1) is 17.9 Å². The van der Waals surface area contributed by atoms with E-state index >= 15 is 4.39 Å². The number of carboxylic acids is 1. The van der Waals surface area contributed by atoms with E-state index in [4.69, 9.17) is 4.74 Å². The molecule has 2 heterocycles. The summed E-state index contributed by atoms with van der Waals surface area (Å²) in [7, 11) is 0. The van der Waals surface area contributed by atoms with Crippen LogP contribution in [0.2, 0.25) is 0 Å². The van der Waals surface area contributed by atoms with Crippen LogP contribution in [-0.2, 0) is 13.1 Å². The minimum atomic E-state index is -0.943. The van der Waals surface area contributed by atoms with Crippen LogP contribution in [0.5, 0.6) is 5.75 Å². The van der Waals surface area contributed by atoms with E-state index in [0.29, 0.717) is 19.1 Å². The second-order valence-electron chi connectivity index (χ2n) is 10.2. The first-order valence-corrected chi connectivity index (χ1v) is 12.9. The standard InChI is InChI=1S/C29H35FN2O3/c1-4-35-21-10-12-22-20(15-21)17-31(18(2)3)13-14-32-26-16-19(29(33)34)9-11-24(26)27(28(22)32)23-7-5-6-8-25(23)30/h9-12,15-16,18,23,25H,4-8,13-14,17H2,1-3H3,(H,33,34)/t23-,25-/m1/s1. The summed E-state index contributed by atoms with van der Waals surface area (Å²) in [5.41, 5.74) is 5.52. The van der Waals surface area contributed by atoms with Gasteiger partial charge in [-0.3, -0.25) is 4.90 Å². The number of nitrogens with zero attached hydrogens (tertiary/aromatic N) is 2. The van der Waals surface area contributed by atoms with Crippen molar-refractivity contribution in [1.29, 1.82) is 0 Å². The van der Waals surface area contributed by atoms with E-state index in [9.17, 15) is 9.90 Å². The third-order valence-electron chi connectivity index (χ3n) is 7.76. The van der Waals surface area contributed by atoms with Crippen molar-refractivity contribution >= 4 is 16.9 Å². The highest BCUT2D eigenvalue weighted by Crippen LogP contribution is 2.47. The number of aromatic carboxylic acids is 1. The summed E-state index contributed by atoms with van der Waals surface area (Å²) in [5.74, 6) is -0.284. The topological polar surface area (TPSA) is 54.7 Å². The highest BCUT2D eigenvalue weighted by atomic mass is 19.1. The van der Waals surface area contributed by atoms with Gasteiger partial charge in [0.2, 0.25) is 0 Å². The van der Waals surface area contributed by atoms with Gasteiger partial charge in [-0.1, -0.05) is 18.9 Å². The third kappa shape index (κ3) is 4.33. The number of halogens is 1.